The minimum atomic E-state index is -3.29. The van der Waals surface area contributed by atoms with E-state index in [9.17, 15) is 8.42 Å². The molecule has 0 aromatic carbocycles. The molecule has 7 nitrogen and oxygen atoms in total. The van der Waals surface area contributed by atoms with Crippen molar-refractivity contribution < 1.29 is 13.2 Å². The summed E-state index contributed by atoms with van der Waals surface area (Å²) >= 11 is 0. The van der Waals surface area contributed by atoms with Gasteiger partial charge in [0, 0.05) is 26.7 Å². The Kier molecular flexibility index (Phi) is 6.37. The Morgan fingerprint density at radius 2 is 2.28 bits per heavy atom. The Morgan fingerprint density at radius 3 is 2.89 bits per heavy atom. The fourth-order valence-corrected chi connectivity index (χ4v) is 2.61. The first kappa shape index (κ1) is 15.2. The number of rotatable bonds is 6. The Labute approximate surface area is 108 Å². The summed E-state index contributed by atoms with van der Waals surface area (Å²) in [6, 6.07) is 0. The van der Waals surface area contributed by atoms with Crippen molar-refractivity contribution >= 4 is 16.0 Å². The Balaban J connectivity index is 2.22. The molecule has 0 aliphatic carbocycles. The number of sulfonamides is 1. The average Bonchev–Trinajstić information content (AvgIpc) is 2.37. The van der Waals surface area contributed by atoms with Crippen molar-refractivity contribution in [2.24, 2.45) is 10.7 Å². The van der Waals surface area contributed by atoms with Gasteiger partial charge in [-0.25, -0.2) is 13.1 Å². The lowest BCUT2D eigenvalue weighted by molar-refractivity contribution is 0.0200. The van der Waals surface area contributed by atoms with Gasteiger partial charge in [0.1, 0.15) is 0 Å². The summed E-state index contributed by atoms with van der Waals surface area (Å²) in [5.74, 6) is 0.205. The van der Waals surface area contributed by atoms with E-state index in [2.05, 4.69) is 15.0 Å². The smallest absolute Gasteiger partial charge is 0.213 e. The van der Waals surface area contributed by atoms with Gasteiger partial charge >= 0.3 is 0 Å². The van der Waals surface area contributed by atoms with Crippen LogP contribution in [-0.4, -0.2) is 53.0 Å². The largest absolute Gasteiger partial charge is 0.377 e. The van der Waals surface area contributed by atoms with E-state index in [-0.39, 0.29) is 24.4 Å². The fraction of sp³-hybridized carbons (Fsp3) is 0.900. The van der Waals surface area contributed by atoms with Crippen LogP contribution in [0.5, 0.6) is 0 Å². The van der Waals surface area contributed by atoms with Gasteiger partial charge in [0.15, 0.2) is 5.96 Å². The second kappa shape index (κ2) is 7.55. The van der Waals surface area contributed by atoms with Gasteiger partial charge in [-0.15, -0.1) is 0 Å². The van der Waals surface area contributed by atoms with Crippen molar-refractivity contribution in [3.05, 3.63) is 0 Å². The molecule has 1 aliphatic rings. The molecule has 0 spiro atoms. The molecule has 0 aromatic heterocycles. The second-order valence-corrected chi connectivity index (χ2v) is 6.12. The van der Waals surface area contributed by atoms with E-state index in [4.69, 9.17) is 10.5 Å². The molecule has 1 rings (SSSR count). The van der Waals surface area contributed by atoms with E-state index in [1.54, 1.807) is 0 Å². The maximum atomic E-state index is 11.7. The van der Waals surface area contributed by atoms with Crippen LogP contribution in [0.4, 0.5) is 0 Å². The predicted molar refractivity (Wildman–Crippen MR) is 70.9 cm³/mol. The van der Waals surface area contributed by atoms with Crippen molar-refractivity contribution in [1.29, 1.82) is 0 Å². The number of aliphatic imine (C=N–C) groups is 1. The highest BCUT2D eigenvalue weighted by molar-refractivity contribution is 7.89. The Hall–Kier alpha value is -0.860. The molecule has 1 saturated heterocycles. The SMILES string of the molecule is CN=C(N)NCCS(=O)(=O)NCC1CCCCO1. The minimum Gasteiger partial charge on any atom is -0.377 e. The van der Waals surface area contributed by atoms with E-state index in [1.807, 2.05) is 0 Å². The summed E-state index contributed by atoms with van der Waals surface area (Å²) < 4.78 is 31.3. The molecule has 1 unspecified atom stereocenters. The number of ether oxygens (including phenoxy) is 1. The number of nitrogens with zero attached hydrogens (tertiary/aromatic N) is 1. The highest BCUT2D eigenvalue weighted by Crippen LogP contribution is 2.11. The lowest BCUT2D eigenvalue weighted by atomic mass is 10.1. The van der Waals surface area contributed by atoms with Crippen LogP contribution >= 0.6 is 0 Å². The van der Waals surface area contributed by atoms with Crippen molar-refractivity contribution in [3.8, 4) is 0 Å². The fourth-order valence-electron chi connectivity index (χ4n) is 1.65. The zero-order valence-electron chi connectivity index (χ0n) is 10.7. The molecule has 0 radical (unpaired) electrons. The summed E-state index contributed by atoms with van der Waals surface area (Å²) in [6.45, 7) is 1.31. The number of hydrogen-bond acceptors (Lipinski definition) is 4. The van der Waals surface area contributed by atoms with E-state index < -0.39 is 10.0 Å². The van der Waals surface area contributed by atoms with Crippen LogP contribution in [0.3, 0.4) is 0 Å². The number of nitrogens with one attached hydrogen (secondary N) is 2. The van der Waals surface area contributed by atoms with Crippen LogP contribution < -0.4 is 15.8 Å². The van der Waals surface area contributed by atoms with Gasteiger partial charge < -0.3 is 15.8 Å². The third kappa shape index (κ3) is 6.18. The van der Waals surface area contributed by atoms with Crippen LogP contribution in [0.2, 0.25) is 0 Å². The molecule has 8 heteroatoms. The molecule has 106 valence electrons. The number of hydrogen-bond donors (Lipinski definition) is 3. The Bertz CT molecular complexity index is 363. The summed E-state index contributed by atoms with van der Waals surface area (Å²) in [4.78, 5) is 3.68. The molecule has 0 aromatic rings. The molecule has 0 saturated carbocycles. The molecule has 1 heterocycles. The number of guanidine groups is 1. The topological polar surface area (TPSA) is 106 Å². The molecule has 18 heavy (non-hydrogen) atoms. The van der Waals surface area contributed by atoms with Crippen LogP contribution in [-0.2, 0) is 14.8 Å². The van der Waals surface area contributed by atoms with Crippen LogP contribution in [0, 0.1) is 0 Å². The van der Waals surface area contributed by atoms with E-state index >= 15 is 0 Å². The molecule has 1 atom stereocenters. The Morgan fingerprint density at radius 1 is 1.50 bits per heavy atom. The van der Waals surface area contributed by atoms with Crippen molar-refractivity contribution in [1.82, 2.24) is 10.0 Å². The van der Waals surface area contributed by atoms with Gasteiger partial charge in [0.25, 0.3) is 0 Å². The first-order chi connectivity index (χ1) is 8.53. The monoisotopic (exact) mass is 278 g/mol. The van der Waals surface area contributed by atoms with Crippen LogP contribution in [0.15, 0.2) is 4.99 Å². The van der Waals surface area contributed by atoms with Gasteiger partial charge in [0.2, 0.25) is 10.0 Å². The van der Waals surface area contributed by atoms with Gasteiger partial charge in [-0.3, -0.25) is 4.99 Å². The van der Waals surface area contributed by atoms with Gasteiger partial charge in [-0.1, -0.05) is 0 Å². The molecular formula is C10H22N4O3S. The lowest BCUT2D eigenvalue weighted by Crippen LogP contribution is -2.40. The van der Waals surface area contributed by atoms with Crippen molar-refractivity contribution in [3.63, 3.8) is 0 Å². The lowest BCUT2D eigenvalue weighted by Gasteiger charge is -2.22. The highest BCUT2D eigenvalue weighted by Gasteiger charge is 2.17. The van der Waals surface area contributed by atoms with Crippen LogP contribution in [0.1, 0.15) is 19.3 Å². The van der Waals surface area contributed by atoms with Crippen molar-refractivity contribution in [2.45, 2.75) is 25.4 Å². The van der Waals surface area contributed by atoms with Crippen LogP contribution in [0.25, 0.3) is 0 Å². The van der Waals surface area contributed by atoms with Gasteiger partial charge in [0.05, 0.1) is 11.9 Å². The summed E-state index contributed by atoms with van der Waals surface area (Å²) in [7, 11) is -1.75. The number of nitrogens with two attached hydrogens (primary N) is 1. The summed E-state index contributed by atoms with van der Waals surface area (Å²) in [5.41, 5.74) is 5.40. The zero-order valence-corrected chi connectivity index (χ0v) is 11.5. The molecule has 4 N–H and O–H groups in total. The second-order valence-electron chi connectivity index (χ2n) is 4.19. The third-order valence-corrected chi connectivity index (χ3v) is 4.07. The average molecular weight is 278 g/mol. The van der Waals surface area contributed by atoms with E-state index in [0.29, 0.717) is 6.54 Å². The molecule has 1 aliphatic heterocycles. The standard InChI is InChI=1S/C10H22N4O3S/c1-12-10(11)13-5-7-18(15,16)14-8-9-4-2-3-6-17-9/h9,14H,2-8H2,1H3,(H3,11,12,13). The van der Waals surface area contributed by atoms with E-state index in [0.717, 1.165) is 25.9 Å². The normalized spacial score (nSPS) is 21.8. The predicted octanol–water partition coefficient (Wildman–Crippen LogP) is -0.991. The highest BCUT2D eigenvalue weighted by atomic mass is 32.2. The molecule has 1 fully saturated rings. The minimum absolute atomic E-state index is 0.00348. The first-order valence-electron chi connectivity index (χ1n) is 6.08. The maximum absolute atomic E-state index is 11.7. The van der Waals surface area contributed by atoms with Crippen molar-refractivity contribution in [2.75, 3.05) is 32.5 Å². The third-order valence-electron chi connectivity index (χ3n) is 2.72. The maximum Gasteiger partial charge on any atom is 0.213 e. The van der Waals surface area contributed by atoms with Gasteiger partial charge in [-0.2, -0.15) is 0 Å². The summed E-state index contributed by atoms with van der Waals surface area (Å²) in [6.07, 6.45) is 3.07. The quantitative estimate of drug-likeness (QED) is 0.427. The first-order valence-corrected chi connectivity index (χ1v) is 7.74. The molecule has 0 amide bonds. The molecular weight excluding hydrogens is 256 g/mol. The van der Waals surface area contributed by atoms with Gasteiger partial charge in [-0.05, 0) is 19.3 Å². The zero-order chi connectivity index (χ0) is 13.4. The summed E-state index contributed by atoms with van der Waals surface area (Å²) in [5, 5.41) is 2.70. The molecule has 0 bridgehead atoms. The van der Waals surface area contributed by atoms with E-state index in [1.165, 1.54) is 7.05 Å².